The van der Waals surface area contributed by atoms with Gasteiger partial charge in [0.05, 0.1) is 0 Å². The molecule has 58 valence electrons. The van der Waals surface area contributed by atoms with E-state index in [1.54, 1.807) is 6.21 Å². The van der Waals surface area contributed by atoms with Gasteiger partial charge in [-0.05, 0) is 32.9 Å². The maximum Gasteiger partial charge on any atom is 0.130 e. The molecule has 0 aliphatic carbocycles. The molecule has 0 bridgehead atoms. The molecule has 1 N–H and O–H groups in total. The maximum atomic E-state index is 5.16. The third-order valence-electron chi connectivity index (χ3n) is 1.60. The highest BCUT2D eigenvalue weighted by molar-refractivity contribution is 5.52. The van der Waals surface area contributed by atoms with Crippen LogP contribution < -0.4 is 5.32 Å². The van der Waals surface area contributed by atoms with Crippen molar-refractivity contribution >= 4 is 6.21 Å². The van der Waals surface area contributed by atoms with Gasteiger partial charge in [0.2, 0.25) is 0 Å². The summed E-state index contributed by atoms with van der Waals surface area (Å²) in [5.74, 6) is 0. The third kappa shape index (κ3) is 2.35. The molecule has 10 heavy (non-hydrogen) atoms. The quantitative estimate of drug-likeness (QED) is 0.456. The lowest BCUT2D eigenvalue weighted by Crippen LogP contribution is -2.31. The molecule has 0 radical (unpaired) electrons. The number of rotatable bonds is 2. The molecule has 0 aromatic rings. The lowest BCUT2D eigenvalue weighted by atomic mass is 10.1. The fourth-order valence-corrected chi connectivity index (χ4v) is 1.05. The van der Waals surface area contributed by atoms with Crippen molar-refractivity contribution in [2.45, 2.75) is 25.9 Å². The molecule has 0 unspecified atom stereocenters. The molecule has 3 heteroatoms. The Morgan fingerprint density at radius 1 is 1.50 bits per heavy atom. The van der Waals surface area contributed by atoms with Gasteiger partial charge in [0.15, 0.2) is 0 Å². The van der Waals surface area contributed by atoms with Crippen LogP contribution in [0.15, 0.2) is 5.16 Å². The van der Waals surface area contributed by atoms with Crippen molar-refractivity contribution in [3.8, 4) is 0 Å². The molecule has 0 amide bonds. The van der Waals surface area contributed by atoms with Gasteiger partial charge >= 0.3 is 0 Å². The molecule has 0 saturated carbocycles. The molecule has 0 spiro atoms. The smallest absolute Gasteiger partial charge is 0.130 e. The number of oxime groups is 1. The Morgan fingerprint density at radius 2 is 2.20 bits per heavy atom. The van der Waals surface area contributed by atoms with Crippen LogP contribution in [0.2, 0.25) is 0 Å². The zero-order chi connectivity index (χ0) is 7.23. The minimum Gasteiger partial charge on any atom is -0.393 e. The first-order chi connectivity index (χ1) is 4.93. The van der Waals surface area contributed by atoms with Gasteiger partial charge in [0.1, 0.15) is 6.10 Å². The van der Waals surface area contributed by atoms with E-state index in [9.17, 15) is 0 Å². The minimum absolute atomic E-state index is 0.345. The van der Waals surface area contributed by atoms with Crippen LogP contribution in [0.1, 0.15) is 19.8 Å². The highest BCUT2D eigenvalue weighted by Gasteiger charge is 2.12. The molecule has 1 rings (SSSR count). The second-order valence-corrected chi connectivity index (χ2v) is 2.42. The Morgan fingerprint density at radius 3 is 2.80 bits per heavy atom. The fraction of sp³-hybridized carbons (Fsp3) is 0.857. The lowest BCUT2D eigenvalue weighted by molar-refractivity contribution is 0.0386. The van der Waals surface area contributed by atoms with Crippen LogP contribution in [-0.4, -0.2) is 25.4 Å². The van der Waals surface area contributed by atoms with Crippen LogP contribution in [0.5, 0.6) is 0 Å². The SMILES string of the molecule is C/C=N\OC1CCNCC1. The van der Waals surface area contributed by atoms with Crippen molar-refractivity contribution in [2.75, 3.05) is 13.1 Å². The van der Waals surface area contributed by atoms with E-state index in [0.29, 0.717) is 6.10 Å². The van der Waals surface area contributed by atoms with Crippen molar-refractivity contribution in [1.82, 2.24) is 5.32 Å². The second kappa shape index (κ2) is 4.28. The summed E-state index contributed by atoms with van der Waals surface area (Å²) >= 11 is 0. The summed E-state index contributed by atoms with van der Waals surface area (Å²) in [5.41, 5.74) is 0. The van der Waals surface area contributed by atoms with Gasteiger partial charge in [-0.15, -0.1) is 0 Å². The number of nitrogens with one attached hydrogen (secondary N) is 1. The van der Waals surface area contributed by atoms with E-state index in [1.807, 2.05) is 6.92 Å². The summed E-state index contributed by atoms with van der Waals surface area (Å²) in [6.07, 6.45) is 4.19. The Hall–Kier alpha value is -0.570. The normalized spacial score (nSPS) is 21.7. The van der Waals surface area contributed by atoms with E-state index in [1.165, 1.54) is 0 Å². The first-order valence-corrected chi connectivity index (χ1v) is 3.78. The van der Waals surface area contributed by atoms with Crippen molar-refractivity contribution in [3.63, 3.8) is 0 Å². The Bertz CT molecular complexity index is 108. The molecule has 0 aromatic heterocycles. The first-order valence-electron chi connectivity index (χ1n) is 3.78. The van der Waals surface area contributed by atoms with Crippen LogP contribution in [0, 0.1) is 0 Å². The summed E-state index contributed by atoms with van der Waals surface area (Å²) < 4.78 is 0. The minimum atomic E-state index is 0.345. The summed E-state index contributed by atoms with van der Waals surface area (Å²) in [5, 5.41) is 7.00. The number of nitrogens with zero attached hydrogens (tertiary/aromatic N) is 1. The van der Waals surface area contributed by atoms with Gasteiger partial charge in [-0.3, -0.25) is 0 Å². The van der Waals surface area contributed by atoms with Crippen molar-refractivity contribution in [1.29, 1.82) is 0 Å². The van der Waals surface area contributed by atoms with Gasteiger partial charge in [-0.1, -0.05) is 5.16 Å². The largest absolute Gasteiger partial charge is 0.393 e. The Balaban J connectivity index is 2.13. The van der Waals surface area contributed by atoms with Gasteiger partial charge < -0.3 is 10.2 Å². The molecule has 1 heterocycles. The monoisotopic (exact) mass is 142 g/mol. The second-order valence-electron chi connectivity index (χ2n) is 2.42. The summed E-state index contributed by atoms with van der Waals surface area (Å²) in [6.45, 7) is 3.98. The Labute approximate surface area is 61.4 Å². The predicted octanol–water partition coefficient (Wildman–Crippen LogP) is 0.761. The van der Waals surface area contributed by atoms with Crippen molar-refractivity contribution in [2.24, 2.45) is 5.16 Å². The van der Waals surface area contributed by atoms with E-state index in [4.69, 9.17) is 4.84 Å². The van der Waals surface area contributed by atoms with E-state index in [2.05, 4.69) is 10.5 Å². The van der Waals surface area contributed by atoms with Gasteiger partial charge in [0, 0.05) is 6.21 Å². The molecule has 1 aliphatic rings. The molecule has 0 atom stereocenters. The van der Waals surface area contributed by atoms with Crippen LogP contribution >= 0.6 is 0 Å². The predicted molar refractivity (Wildman–Crippen MR) is 41.1 cm³/mol. The summed E-state index contributed by atoms with van der Waals surface area (Å²) in [4.78, 5) is 5.16. The summed E-state index contributed by atoms with van der Waals surface area (Å²) in [6, 6.07) is 0. The molecule has 0 aromatic carbocycles. The zero-order valence-corrected chi connectivity index (χ0v) is 6.34. The third-order valence-corrected chi connectivity index (χ3v) is 1.60. The molecule has 1 fully saturated rings. The average Bonchev–Trinajstić information content (AvgIpc) is 2.03. The van der Waals surface area contributed by atoms with E-state index in [-0.39, 0.29) is 0 Å². The fourth-order valence-electron chi connectivity index (χ4n) is 1.05. The van der Waals surface area contributed by atoms with Gasteiger partial charge in [0.25, 0.3) is 0 Å². The van der Waals surface area contributed by atoms with Gasteiger partial charge in [-0.25, -0.2) is 0 Å². The van der Waals surface area contributed by atoms with Crippen LogP contribution in [0.4, 0.5) is 0 Å². The number of piperidine rings is 1. The lowest BCUT2D eigenvalue weighted by Gasteiger charge is -2.19. The van der Waals surface area contributed by atoms with Crippen molar-refractivity contribution < 1.29 is 4.84 Å². The number of hydrogen-bond acceptors (Lipinski definition) is 3. The zero-order valence-electron chi connectivity index (χ0n) is 6.34. The molecular weight excluding hydrogens is 128 g/mol. The van der Waals surface area contributed by atoms with Crippen LogP contribution in [-0.2, 0) is 4.84 Å². The summed E-state index contributed by atoms with van der Waals surface area (Å²) in [7, 11) is 0. The van der Waals surface area contributed by atoms with Gasteiger partial charge in [-0.2, -0.15) is 0 Å². The Kier molecular flexibility index (Phi) is 3.22. The highest BCUT2D eigenvalue weighted by Crippen LogP contribution is 2.06. The van der Waals surface area contributed by atoms with Crippen LogP contribution in [0.25, 0.3) is 0 Å². The average molecular weight is 142 g/mol. The highest BCUT2D eigenvalue weighted by atomic mass is 16.6. The topological polar surface area (TPSA) is 33.6 Å². The molecular formula is C7H14N2O. The standard InChI is InChI=1S/C7H14N2O/c1-2-9-10-7-3-5-8-6-4-7/h2,7-8H,3-6H2,1H3/b9-2-. The van der Waals surface area contributed by atoms with Crippen LogP contribution in [0.3, 0.4) is 0 Å². The first kappa shape index (κ1) is 7.54. The van der Waals surface area contributed by atoms with E-state index in [0.717, 1.165) is 25.9 Å². The molecule has 1 aliphatic heterocycles. The maximum absolute atomic E-state index is 5.16. The van der Waals surface area contributed by atoms with E-state index >= 15 is 0 Å². The van der Waals surface area contributed by atoms with E-state index < -0.39 is 0 Å². The molecule has 1 saturated heterocycles. The molecule has 3 nitrogen and oxygen atoms in total. The number of hydrogen-bond donors (Lipinski definition) is 1. The van der Waals surface area contributed by atoms with Crippen molar-refractivity contribution in [3.05, 3.63) is 0 Å².